The van der Waals surface area contributed by atoms with Gasteiger partial charge in [0.1, 0.15) is 17.5 Å². The van der Waals surface area contributed by atoms with Crippen molar-refractivity contribution in [2.75, 3.05) is 31.5 Å². The van der Waals surface area contributed by atoms with Crippen LogP contribution in [0.1, 0.15) is 30.0 Å². The van der Waals surface area contributed by atoms with E-state index in [1.807, 2.05) is 37.3 Å². The van der Waals surface area contributed by atoms with Crippen molar-refractivity contribution < 1.29 is 19.0 Å². The van der Waals surface area contributed by atoms with Crippen LogP contribution in [0.3, 0.4) is 0 Å². The van der Waals surface area contributed by atoms with E-state index in [1.54, 1.807) is 14.2 Å². The lowest BCUT2D eigenvalue weighted by Crippen LogP contribution is -2.42. The van der Waals surface area contributed by atoms with E-state index >= 15 is 0 Å². The fourth-order valence-corrected chi connectivity index (χ4v) is 4.00. The molecule has 2 N–H and O–H groups in total. The van der Waals surface area contributed by atoms with Gasteiger partial charge in [0, 0.05) is 35.0 Å². The Bertz CT molecular complexity index is 852. The van der Waals surface area contributed by atoms with Gasteiger partial charge in [-0.25, -0.2) is 4.79 Å². The molecule has 2 heterocycles. The number of carbonyl (C=O) groups is 1. The zero-order valence-electron chi connectivity index (χ0n) is 15.0. The number of benzene rings is 2. The summed E-state index contributed by atoms with van der Waals surface area (Å²) in [5.41, 5.74) is 3.95. The topological polar surface area (TPSA) is 68.8 Å². The Hall–Kier alpha value is -2.89. The Labute approximate surface area is 152 Å². The third-order valence-electron chi connectivity index (χ3n) is 5.08. The lowest BCUT2D eigenvalue weighted by atomic mass is 9.80. The molecule has 0 saturated heterocycles. The first-order chi connectivity index (χ1) is 12.7. The number of methoxy groups -OCH3 is 2. The second-order valence-corrected chi connectivity index (χ2v) is 6.40. The Morgan fingerprint density at radius 3 is 2.62 bits per heavy atom. The third kappa shape index (κ3) is 2.44. The summed E-state index contributed by atoms with van der Waals surface area (Å²) in [5.74, 6) is 1.06. The Morgan fingerprint density at radius 2 is 1.88 bits per heavy atom. The van der Waals surface area contributed by atoms with E-state index in [9.17, 15) is 4.79 Å². The number of nitrogens with one attached hydrogen (secondary N) is 2. The van der Waals surface area contributed by atoms with Gasteiger partial charge in [-0.05, 0) is 18.6 Å². The molecule has 2 aliphatic heterocycles. The summed E-state index contributed by atoms with van der Waals surface area (Å²) < 4.78 is 16.4. The van der Waals surface area contributed by atoms with Crippen molar-refractivity contribution in [2.24, 2.45) is 0 Å². The molecular formula is C20H22N2O4. The standard InChI is InChI=1S/C20H22N2O4/c1-4-26-20(23)19-16-12-7-5-6-8-13(12)21-18(16)17-14(22-19)9-11(24-2)10-15(17)25-3/h5-10,16,18-19,21-22H,4H2,1-3H3/t16-,18+,19-/m0/s1. The van der Waals surface area contributed by atoms with Gasteiger partial charge < -0.3 is 24.8 Å². The van der Waals surface area contributed by atoms with Gasteiger partial charge in [-0.3, -0.25) is 0 Å². The molecular weight excluding hydrogens is 332 g/mol. The van der Waals surface area contributed by atoms with E-state index in [0.717, 1.165) is 28.3 Å². The molecule has 0 bridgehead atoms. The quantitative estimate of drug-likeness (QED) is 0.821. The number of carbonyl (C=O) groups excluding carboxylic acids is 1. The van der Waals surface area contributed by atoms with Crippen LogP contribution in [0.25, 0.3) is 0 Å². The normalized spacial score (nSPS) is 22.2. The molecule has 26 heavy (non-hydrogen) atoms. The van der Waals surface area contributed by atoms with Crippen LogP contribution in [0.5, 0.6) is 11.5 Å². The molecule has 0 aliphatic carbocycles. The molecule has 0 unspecified atom stereocenters. The predicted octanol–water partition coefficient (Wildman–Crippen LogP) is 3.31. The first-order valence-corrected chi connectivity index (χ1v) is 8.72. The lowest BCUT2D eigenvalue weighted by Gasteiger charge is -2.36. The third-order valence-corrected chi connectivity index (χ3v) is 5.08. The van der Waals surface area contributed by atoms with Gasteiger partial charge in [-0.15, -0.1) is 0 Å². The number of ether oxygens (including phenoxy) is 3. The van der Waals surface area contributed by atoms with Crippen molar-refractivity contribution in [1.29, 1.82) is 0 Å². The van der Waals surface area contributed by atoms with E-state index in [1.165, 1.54) is 0 Å². The second kappa shape index (κ2) is 6.44. The highest BCUT2D eigenvalue weighted by Crippen LogP contribution is 2.54. The van der Waals surface area contributed by atoms with E-state index in [0.29, 0.717) is 12.4 Å². The molecule has 3 atom stereocenters. The van der Waals surface area contributed by atoms with Gasteiger partial charge in [0.2, 0.25) is 0 Å². The number of anilines is 2. The Morgan fingerprint density at radius 1 is 1.08 bits per heavy atom. The molecule has 2 aromatic rings. The van der Waals surface area contributed by atoms with Gasteiger partial charge in [0.05, 0.1) is 26.9 Å². The summed E-state index contributed by atoms with van der Waals surface area (Å²) in [4.78, 5) is 12.7. The summed E-state index contributed by atoms with van der Waals surface area (Å²) in [7, 11) is 3.25. The summed E-state index contributed by atoms with van der Waals surface area (Å²) >= 11 is 0. The average molecular weight is 354 g/mol. The molecule has 136 valence electrons. The minimum Gasteiger partial charge on any atom is -0.497 e. The monoisotopic (exact) mass is 354 g/mol. The highest BCUT2D eigenvalue weighted by Gasteiger charge is 2.47. The Balaban J connectivity index is 1.87. The lowest BCUT2D eigenvalue weighted by molar-refractivity contribution is -0.144. The van der Waals surface area contributed by atoms with Crippen LogP contribution in [0.15, 0.2) is 36.4 Å². The van der Waals surface area contributed by atoms with Crippen molar-refractivity contribution in [3.05, 3.63) is 47.5 Å². The molecule has 2 aromatic carbocycles. The second-order valence-electron chi connectivity index (χ2n) is 6.40. The van der Waals surface area contributed by atoms with E-state index in [2.05, 4.69) is 16.7 Å². The minimum atomic E-state index is -0.486. The molecule has 0 aromatic heterocycles. The molecule has 6 nitrogen and oxygen atoms in total. The molecule has 6 heteroatoms. The van der Waals surface area contributed by atoms with Crippen LogP contribution in [0.4, 0.5) is 11.4 Å². The largest absolute Gasteiger partial charge is 0.497 e. The number of hydrogen-bond acceptors (Lipinski definition) is 6. The van der Waals surface area contributed by atoms with Crippen molar-refractivity contribution in [1.82, 2.24) is 0 Å². The van der Waals surface area contributed by atoms with Crippen LogP contribution in [0, 0.1) is 0 Å². The molecule has 4 rings (SSSR count). The van der Waals surface area contributed by atoms with Crippen molar-refractivity contribution in [2.45, 2.75) is 24.9 Å². The van der Waals surface area contributed by atoms with Gasteiger partial charge in [0.25, 0.3) is 0 Å². The van der Waals surface area contributed by atoms with Crippen LogP contribution in [0.2, 0.25) is 0 Å². The van der Waals surface area contributed by atoms with Crippen LogP contribution in [-0.2, 0) is 9.53 Å². The summed E-state index contributed by atoms with van der Waals surface area (Å²) in [5, 5.41) is 6.93. The fourth-order valence-electron chi connectivity index (χ4n) is 4.00. The van der Waals surface area contributed by atoms with Gasteiger partial charge in [-0.2, -0.15) is 0 Å². The number of fused-ring (bicyclic) bond motifs is 5. The minimum absolute atomic E-state index is 0.0833. The number of esters is 1. The summed E-state index contributed by atoms with van der Waals surface area (Å²) in [6.45, 7) is 2.16. The number of para-hydroxylation sites is 1. The van der Waals surface area contributed by atoms with Gasteiger partial charge in [0.15, 0.2) is 0 Å². The molecule has 0 amide bonds. The van der Waals surface area contributed by atoms with Crippen molar-refractivity contribution in [3.63, 3.8) is 0 Å². The van der Waals surface area contributed by atoms with Crippen molar-refractivity contribution in [3.8, 4) is 11.5 Å². The smallest absolute Gasteiger partial charge is 0.329 e. The van der Waals surface area contributed by atoms with Gasteiger partial charge >= 0.3 is 5.97 Å². The highest BCUT2D eigenvalue weighted by molar-refractivity contribution is 5.86. The molecule has 0 spiro atoms. The fraction of sp³-hybridized carbons (Fsp3) is 0.350. The SMILES string of the molecule is CCOC(=O)[C@H]1Nc2cc(OC)cc(OC)c2[C@@H]2Nc3ccccc3[C@H]12. The van der Waals surface area contributed by atoms with Crippen molar-refractivity contribution >= 4 is 17.3 Å². The Kier molecular flexibility index (Phi) is 4.11. The maximum atomic E-state index is 12.7. The molecule has 0 saturated carbocycles. The molecule has 0 fully saturated rings. The summed E-state index contributed by atoms with van der Waals surface area (Å²) in [6.07, 6.45) is 0. The zero-order valence-corrected chi connectivity index (χ0v) is 15.0. The van der Waals surface area contributed by atoms with Gasteiger partial charge in [-0.1, -0.05) is 18.2 Å². The number of rotatable bonds is 4. The van der Waals surface area contributed by atoms with E-state index in [4.69, 9.17) is 14.2 Å². The average Bonchev–Trinajstić information content (AvgIpc) is 3.05. The number of hydrogen-bond donors (Lipinski definition) is 2. The zero-order chi connectivity index (χ0) is 18.3. The maximum Gasteiger partial charge on any atom is 0.329 e. The summed E-state index contributed by atoms with van der Waals surface area (Å²) in [6, 6.07) is 11.3. The predicted molar refractivity (Wildman–Crippen MR) is 99.1 cm³/mol. The van der Waals surface area contributed by atoms with Crippen LogP contribution < -0.4 is 20.1 Å². The first-order valence-electron chi connectivity index (χ1n) is 8.72. The molecule has 2 aliphatic rings. The highest BCUT2D eigenvalue weighted by atomic mass is 16.5. The molecule has 0 radical (unpaired) electrons. The maximum absolute atomic E-state index is 12.7. The van der Waals surface area contributed by atoms with E-state index in [-0.39, 0.29) is 17.9 Å². The first kappa shape index (κ1) is 16.6. The van der Waals surface area contributed by atoms with Crippen LogP contribution >= 0.6 is 0 Å². The van der Waals surface area contributed by atoms with E-state index < -0.39 is 6.04 Å². The van der Waals surface area contributed by atoms with Crippen LogP contribution in [-0.4, -0.2) is 32.8 Å².